The summed E-state index contributed by atoms with van der Waals surface area (Å²) in [6.45, 7) is 22.3. The van der Waals surface area contributed by atoms with Crippen LogP contribution in [0.2, 0.25) is 0 Å². The highest BCUT2D eigenvalue weighted by molar-refractivity contribution is 6.27. The highest BCUT2D eigenvalue weighted by Gasteiger charge is 2.51. The molecule has 19 rings (SSSR count). The molecule has 1 atom stereocenters. The Morgan fingerprint density at radius 3 is 1.32 bits per heavy atom. The average molecular weight is 1270 g/mol. The lowest BCUT2D eigenvalue weighted by atomic mass is 9.66. The quantitative estimate of drug-likeness (QED) is 0.150. The molecule has 0 spiro atoms. The normalized spacial score (nSPS) is 14.3. The predicted octanol–water partition coefficient (Wildman–Crippen LogP) is 26.3. The van der Waals surface area contributed by atoms with Crippen molar-refractivity contribution in [1.29, 1.82) is 0 Å². The summed E-state index contributed by atoms with van der Waals surface area (Å²) < 4.78 is 36.9. The highest BCUT2D eigenvalue weighted by atomic mass is 16.3. The van der Waals surface area contributed by atoms with E-state index < -0.39 is 5.41 Å². The van der Waals surface area contributed by atoms with Crippen molar-refractivity contribution in [3.63, 3.8) is 0 Å². The van der Waals surface area contributed by atoms with Crippen molar-refractivity contribution in [3.05, 3.63) is 298 Å². The standard InChI is InChI=1S/C91H70N2O5/c1-51-21-15-25-59(45-51)92(71-33-19-31-63-61-29-17-23-53(3)83(61)97-85(63)71)73-49-70-82(88-79(73)65-27-11-13-35-75(65)96-88)81-69(91(70,56-39-37-55(38-40-56)89(5,6)7)58-42-44-78-68(48-58)67-47-57(90(8,9)10)41-43-77(67)94-78)50-74(87-80(81)66-28-12-14-36-76(66)95-87)93(60-26-16-22-52(2)46-60)72-34-20-32-64-62-30-18-24-54(4)84(62)98-86(64)72/h11-50H,1-10H3. The Kier molecular flexibility index (Phi) is 12.2. The van der Waals surface area contributed by atoms with E-state index in [4.69, 9.17) is 22.1 Å². The molecule has 13 aromatic carbocycles. The Bertz CT molecular complexity index is 6410. The van der Waals surface area contributed by atoms with Crippen molar-refractivity contribution in [2.75, 3.05) is 9.80 Å². The fourth-order valence-electron chi connectivity index (χ4n) is 16.4. The van der Waals surface area contributed by atoms with Crippen LogP contribution in [0.1, 0.15) is 97.2 Å². The number of hydrogen-bond acceptors (Lipinski definition) is 7. The summed E-state index contributed by atoms with van der Waals surface area (Å²) in [6.07, 6.45) is 0. The number of benzene rings is 13. The number of rotatable bonds is 8. The number of furan rings is 5. The molecule has 0 bridgehead atoms. The van der Waals surface area contributed by atoms with Gasteiger partial charge in [0.2, 0.25) is 0 Å². The van der Waals surface area contributed by atoms with Crippen molar-refractivity contribution in [3.8, 4) is 11.1 Å². The molecule has 0 N–H and O–H groups in total. The summed E-state index contributed by atoms with van der Waals surface area (Å²) in [6, 6.07) is 89.1. The maximum absolute atomic E-state index is 7.81. The fourth-order valence-corrected chi connectivity index (χ4v) is 16.4. The van der Waals surface area contributed by atoms with Crippen LogP contribution in [-0.2, 0) is 16.2 Å². The van der Waals surface area contributed by atoms with Crippen molar-refractivity contribution >= 4 is 144 Å². The summed E-state index contributed by atoms with van der Waals surface area (Å²) >= 11 is 0. The van der Waals surface area contributed by atoms with Crippen LogP contribution in [0.4, 0.5) is 34.1 Å². The molecule has 5 heterocycles. The van der Waals surface area contributed by atoms with Crippen molar-refractivity contribution in [2.24, 2.45) is 0 Å². The molecule has 7 nitrogen and oxygen atoms in total. The van der Waals surface area contributed by atoms with E-state index >= 15 is 0 Å². The Labute approximate surface area is 567 Å². The summed E-state index contributed by atoms with van der Waals surface area (Å²) in [5.41, 5.74) is 25.2. The molecule has 0 fully saturated rings. The third kappa shape index (κ3) is 8.29. The van der Waals surface area contributed by atoms with Gasteiger partial charge < -0.3 is 31.9 Å². The summed E-state index contributed by atoms with van der Waals surface area (Å²) in [5, 5.41) is 10.2. The molecule has 1 unspecified atom stereocenters. The fraction of sp³-hybridized carbons (Fsp3) is 0.143. The molecule has 0 saturated heterocycles. The molecule has 0 amide bonds. The zero-order valence-corrected chi connectivity index (χ0v) is 56.5. The zero-order chi connectivity index (χ0) is 66.4. The molecule has 0 aliphatic heterocycles. The molecule has 5 aromatic heterocycles. The van der Waals surface area contributed by atoms with Gasteiger partial charge in [-0.15, -0.1) is 0 Å². The van der Waals surface area contributed by atoms with E-state index in [0.29, 0.717) is 0 Å². The Hall–Kier alpha value is -11.5. The minimum absolute atomic E-state index is 0.123. The minimum atomic E-state index is -1.13. The number of hydrogen-bond donors (Lipinski definition) is 0. The van der Waals surface area contributed by atoms with E-state index in [1.807, 2.05) is 0 Å². The number of aryl methyl sites for hydroxylation is 4. The molecule has 1 aliphatic carbocycles. The zero-order valence-electron chi connectivity index (χ0n) is 56.5. The van der Waals surface area contributed by atoms with Gasteiger partial charge in [0.1, 0.15) is 39.1 Å². The van der Waals surface area contributed by atoms with Crippen LogP contribution in [0.15, 0.2) is 265 Å². The van der Waals surface area contributed by atoms with E-state index in [9.17, 15) is 0 Å². The van der Waals surface area contributed by atoms with E-state index in [1.54, 1.807) is 0 Å². The average Bonchev–Trinajstić information content (AvgIpc) is 1.49. The summed E-state index contributed by atoms with van der Waals surface area (Å²) in [5.74, 6) is 0. The second-order valence-electron chi connectivity index (χ2n) is 29.4. The first-order valence-corrected chi connectivity index (χ1v) is 34.1. The van der Waals surface area contributed by atoms with Gasteiger partial charge in [-0.25, -0.2) is 0 Å². The van der Waals surface area contributed by atoms with E-state index in [-0.39, 0.29) is 10.8 Å². The van der Waals surface area contributed by atoms with Crippen LogP contribution in [-0.4, -0.2) is 0 Å². The third-order valence-electron chi connectivity index (χ3n) is 21.2. The second-order valence-corrected chi connectivity index (χ2v) is 29.4. The van der Waals surface area contributed by atoms with Gasteiger partial charge >= 0.3 is 0 Å². The number of anilines is 6. The van der Waals surface area contributed by atoms with Gasteiger partial charge in [-0.1, -0.05) is 199 Å². The van der Waals surface area contributed by atoms with Gasteiger partial charge in [0, 0.05) is 71.0 Å². The molecular formula is C91H70N2O5. The molecule has 98 heavy (non-hydrogen) atoms. The predicted molar refractivity (Wildman–Crippen MR) is 406 cm³/mol. The van der Waals surface area contributed by atoms with Crippen LogP contribution >= 0.6 is 0 Å². The molecule has 0 radical (unpaired) electrons. The third-order valence-corrected chi connectivity index (χ3v) is 21.2. The molecule has 7 heteroatoms. The van der Waals surface area contributed by atoms with Gasteiger partial charge in [-0.05, 0) is 179 Å². The first-order valence-electron chi connectivity index (χ1n) is 34.1. The first kappa shape index (κ1) is 57.9. The van der Waals surface area contributed by atoms with Crippen LogP contribution in [0.5, 0.6) is 0 Å². The first-order chi connectivity index (χ1) is 47.5. The Morgan fingerprint density at radius 2 is 0.735 bits per heavy atom. The van der Waals surface area contributed by atoms with Crippen LogP contribution in [0.25, 0.3) is 121 Å². The molecule has 474 valence electrons. The molecule has 0 saturated carbocycles. The maximum Gasteiger partial charge on any atom is 0.160 e. The lowest BCUT2D eigenvalue weighted by molar-refractivity contribution is 0.589. The van der Waals surface area contributed by atoms with Crippen molar-refractivity contribution in [2.45, 2.75) is 85.5 Å². The minimum Gasteiger partial charge on any atom is -0.456 e. The lowest BCUT2D eigenvalue weighted by Gasteiger charge is -2.36. The van der Waals surface area contributed by atoms with E-state index in [1.165, 1.54) is 11.1 Å². The molecular weight excluding hydrogens is 1200 g/mol. The van der Waals surface area contributed by atoms with Gasteiger partial charge in [0.15, 0.2) is 16.7 Å². The topological polar surface area (TPSA) is 72.2 Å². The van der Waals surface area contributed by atoms with Crippen LogP contribution in [0.3, 0.4) is 0 Å². The van der Waals surface area contributed by atoms with Gasteiger partial charge in [-0.3, -0.25) is 0 Å². The lowest BCUT2D eigenvalue weighted by Crippen LogP contribution is -2.29. The smallest absolute Gasteiger partial charge is 0.160 e. The summed E-state index contributed by atoms with van der Waals surface area (Å²) in [4.78, 5) is 4.84. The monoisotopic (exact) mass is 1270 g/mol. The second kappa shape index (κ2) is 20.7. The Morgan fingerprint density at radius 1 is 0.286 bits per heavy atom. The SMILES string of the molecule is Cc1cccc(N(c2cccc3c2oc2c(C)cccc23)c2cc3c(c4c2oc2ccccc24)-c2c(cc(N(c4cccc(C)c4)c4cccc5c4oc4c(C)cccc45)c4c2oc2ccccc24)C3(c2ccc(C(C)(C)C)cc2)c2ccc3oc4ccc(C(C)(C)C)cc4c3c2)c1. The highest BCUT2D eigenvalue weighted by Crippen LogP contribution is 2.65. The largest absolute Gasteiger partial charge is 0.456 e. The summed E-state index contributed by atoms with van der Waals surface area (Å²) in [7, 11) is 0. The molecule has 1 aliphatic rings. The number of nitrogens with zero attached hydrogens (tertiary/aromatic N) is 2. The van der Waals surface area contributed by atoms with E-state index in [0.717, 1.165) is 199 Å². The Balaban J connectivity index is 1.04. The van der Waals surface area contributed by atoms with Crippen molar-refractivity contribution < 1.29 is 22.1 Å². The van der Waals surface area contributed by atoms with Gasteiger partial charge in [-0.2, -0.15) is 0 Å². The number of para-hydroxylation sites is 6. The number of fused-ring (bicyclic) bond motifs is 20. The van der Waals surface area contributed by atoms with Crippen molar-refractivity contribution in [1.82, 2.24) is 0 Å². The van der Waals surface area contributed by atoms with Gasteiger partial charge in [0.25, 0.3) is 0 Å². The van der Waals surface area contributed by atoms with Gasteiger partial charge in [0.05, 0.1) is 33.6 Å². The maximum atomic E-state index is 7.81. The van der Waals surface area contributed by atoms with E-state index in [2.05, 4.69) is 322 Å². The van der Waals surface area contributed by atoms with Crippen LogP contribution < -0.4 is 9.80 Å². The van der Waals surface area contributed by atoms with Crippen LogP contribution in [0, 0.1) is 27.7 Å². The molecule has 18 aromatic rings.